The summed E-state index contributed by atoms with van der Waals surface area (Å²) in [6.45, 7) is 5.12. The molecule has 33 heavy (non-hydrogen) atoms. The lowest BCUT2D eigenvalue weighted by atomic mass is 10.1. The summed E-state index contributed by atoms with van der Waals surface area (Å²) in [6.07, 6.45) is 4.04. The molecular formula is C22H22Cl2N8O. The first-order valence-corrected chi connectivity index (χ1v) is 11.2. The maximum absolute atomic E-state index is 6.35. The van der Waals surface area contributed by atoms with E-state index >= 15 is 0 Å². The van der Waals surface area contributed by atoms with Gasteiger partial charge in [-0.25, -0.2) is 4.98 Å². The highest BCUT2D eigenvalue weighted by molar-refractivity contribution is 6.32. The van der Waals surface area contributed by atoms with E-state index in [4.69, 9.17) is 38.7 Å². The zero-order valence-electron chi connectivity index (χ0n) is 18.2. The van der Waals surface area contributed by atoms with Gasteiger partial charge in [-0.05, 0) is 42.3 Å². The Morgan fingerprint density at radius 2 is 1.73 bits per heavy atom. The fraction of sp³-hybridized carbons (Fsp3) is 0.273. The zero-order chi connectivity index (χ0) is 23.1. The van der Waals surface area contributed by atoms with E-state index in [2.05, 4.69) is 36.9 Å². The monoisotopic (exact) mass is 484 g/mol. The van der Waals surface area contributed by atoms with Crippen LogP contribution in [0.5, 0.6) is 5.75 Å². The number of nitrogens with zero attached hydrogens (tertiary/aromatic N) is 7. The molecule has 11 heteroatoms. The van der Waals surface area contributed by atoms with Crippen molar-refractivity contribution in [3.05, 3.63) is 52.5 Å². The number of anilines is 3. The number of imidazole rings is 1. The average molecular weight is 485 g/mol. The molecule has 9 nitrogen and oxygen atoms in total. The number of fused-ring (bicyclic) bond motifs is 1. The van der Waals surface area contributed by atoms with E-state index < -0.39 is 0 Å². The molecule has 0 atom stereocenters. The number of aromatic nitrogens is 5. The number of aryl methyl sites for hydroxylation is 1. The van der Waals surface area contributed by atoms with E-state index in [0.717, 1.165) is 54.3 Å². The van der Waals surface area contributed by atoms with E-state index in [1.54, 1.807) is 7.11 Å². The van der Waals surface area contributed by atoms with E-state index in [-0.39, 0.29) is 11.2 Å². The van der Waals surface area contributed by atoms with Crippen LogP contribution in [0, 0.1) is 6.92 Å². The zero-order valence-corrected chi connectivity index (χ0v) is 19.7. The summed E-state index contributed by atoms with van der Waals surface area (Å²) in [5.74, 6) is 1.29. The van der Waals surface area contributed by atoms with Gasteiger partial charge in [-0.15, -0.1) is 0 Å². The molecule has 1 aromatic carbocycles. The highest BCUT2D eigenvalue weighted by Gasteiger charge is 2.21. The topological polar surface area (TPSA) is 97.7 Å². The van der Waals surface area contributed by atoms with E-state index in [1.165, 1.54) is 0 Å². The van der Waals surface area contributed by atoms with Crippen molar-refractivity contribution in [2.24, 2.45) is 0 Å². The third kappa shape index (κ3) is 4.21. The summed E-state index contributed by atoms with van der Waals surface area (Å²) in [6, 6.07) is 8.02. The second kappa shape index (κ2) is 8.57. The van der Waals surface area contributed by atoms with Gasteiger partial charge in [0.1, 0.15) is 11.4 Å². The van der Waals surface area contributed by atoms with Gasteiger partial charge in [-0.1, -0.05) is 11.6 Å². The molecule has 1 aliphatic heterocycles. The Morgan fingerprint density at radius 1 is 0.970 bits per heavy atom. The number of hydrogen-bond donors (Lipinski definition) is 1. The molecular weight excluding hydrogens is 463 g/mol. The number of hydrogen-bond acceptors (Lipinski definition) is 8. The minimum absolute atomic E-state index is 0.105. The van der Waals surface area contributed by atoms with Crippen molar-refractivity contribution in [2.75, 3.05) is 48.8 Å². The highest BCUT2D eigenvalue weighted by Crippen LogP contribution is 2.33. The summed E-state index contributed by atoms with van der Waals surface area (Å²) >= 11 is 12.3. The Bertz CT molecular complexity index is 1310. The van der Waals surface area contributed by atoms with Crippen LogP contribution in [0.4, 0.5) is 17.6 Å². The molecule has 5 rings (SSSR count). The number of halogens is 2. The highest BCUT2D eigenvalue weighted by atomic mass is 35.5. The molecule has 0 saturated carbocycles. The number of ether oxygens (including phenoxy) is 1. The third-order valence-corrected chi connectivity index (χ3v) is 6.22. The summed E-state index contributed by atoms with van der Waals surface area (Å²) in [5.41, 5.74) is 10.6. The van der Waals surface area contributed by atoms with Crippen molar-refractivity contribution in [2.45, 2.75) is 6.92 Å². The second-order valence-corrected chi connectivity index (χ2v) is 8.56. The van der Waals surface area contributed by atoms with Gasteiger partial charge in [-0.2, -0.15) is 15.0 Å². The molecule has 0 unspecified atom stereocenters. The number of benzene rings is 1. The molecule has 2 N–H and O–H groups in total. The Balaban J connectivity index is 1.36. The third-order valence-electron chi connectivity index (χ3n) is 5.76. The minimum Gasteiger partial charge on any atom is -0.495 e. The molecule has 0 amide bonds. The molecule has 3 aromatic heterocycles. The normalized spacial score (nSPS) is 14.2. The molecule has 1 saturated heterocycles. The van der Waals surface area contributed by atoms with Crippen molar-refractivity contribution in [1.82, 2.24) is 24.3 Å². The first kappa shape index (κ1) is 21.5. The summed E-state index contributed by atoms with van der Waals surface area (Å²) in [4.78, 5) is 21.4. The Morgan fingerprint density at radius 3 is 2.45 bits per heavy atom. The van der Waals surface area contributed by atoms with Crippen LogP contribution < -0.4 is 20.3 Å². The minimum atomic E-state index is 0.105. The second-order valence-electron chi connectivity index (χ2n) is 7.81. The number of pyridine rings is 1. The van der Waals surface area contributed by atoms with Crippen LogP contribution in [0.3, 0.4) is 0 Å². The Kier molecular flexibility index (Phi) is 5.59. The predicted molar refractivity (Wildman–Crippen MR) is 131 cm³/mol. The van der Waals surface area contributed by atoms with Gasteiger partial charge >= 0.3 is 0 Å². The number of piperazine rings is 1. The molecule has 0 aliphatic carbocycles. The number of methoxy groups -OCH3 is 1. The molecule has 0 bridgehead atoms. The van der Waals surface area contributed by atoms with Gasteiger partial charge in [-0.3, -0.25) is 0 Å². The predicted octanol–water partition coefficient (Wildman–Crippen LogP) is 3.72. The van der Waals surface area contributed by atoms with Crippen molar-refractivity contribution >= 4 is 46.4 Å². The van der Waals surface area contributed by atoms with Crippen LogP contribution in [-0.4, -0.2) is 57.6 Å². The van der Waals surface area contributed by atoms with E-state index in [1.807, 2.05) is 35.9 Å². The summed E-state index contributed by atoms with van der Waals surface area (Å²) in [5, 5.41) is 0.670. The largest absolute Gasteiger partial charge is 0.495 e. The average Bonchev–Trinajstić information content (AvgIpc) is 3.23. The van der Waals surface area contributed by atoms with Crippen LogP contribution in [-0.2, 0) is 0 Å². The molecule has 1 fully saturated rings. The van der Waals surface area contributed by atoms with Crippen LogP contribution in [0.2, 0.25) is 10.3 Å². The quantitative estimate of drug-likeness (QED) is 0.467. The van der Waals surface area contributed by atoms with Gasteiger partial charge in [0.25, 0.3) is 0 Å². The lowest BCUT2D eigenvalue weighted by Crippen LogP contribution is -2.47. The molecule has 170 valence electrons. The fourth-order valence-corrected chi connectivity index (χ4v) is 4.45. The summed E-state index contributed by atoms with van der Waals surface area (Å²) in [7, 11) is 1.61. The number of rotatable bonds is 4. The van der Waals surface area contributed by atoms with Gasteiger partial charge in [0.05, 0.1) is 17.8 Å². The van der Waals surface area contributed by atoms with Gasteiger partial charge in [0.15, 0.2) is 0 Å². The van der Waals surface area contributed by atoms with Crippen LogP contribution >= 0.6 is 23.2 Å². The summed E-state index contributed by atoms with van der Waals surface area (Å²) < 4.78 is 7.33. The molecule has 0 spiro atoms. The molecule has 0 radical (unpaired) electrons. The van der Waals surface area contributed by atoms with Crippen LogP contribution in [0.25, 0.3) is 16.9 Å². The maximum atomic E-state index is 6.35. The maximum Gasteiger partial charge on any atom is 0.231 e. The Labute approximate surface area is 200 Å². The van der Waals surface area contributed by atoms with Crippen LogP contribution in [0.15, 0.2) is 36.7 Å². The smallest absolute Gasteiger partial charge is 0.231 e. The van der Waals surface area contributed by atoms with Crippen molar-refractivity contribution in [3.8, 4) is 17.0 Å². The first-order valence-electron chi connectivity index (χ1n) is 10.4. The van der Waals surface area contributed by atoms with Crippen molar-refractivity contribution < 1.29 is 4.74 Å². The SMILES string of the molecule is COc1cc(C)c(-c2cn3ccc(N4CCN(c5nc(N)nc(Cl)n5)CC4)cc3n2)cc1Cl. The van der Waals surface area contributed by atoms with Gasteiger partial charge < -0.3 is 24.7 Å². The first-order chi connectivity index (χ1) is 15.9. The van der Waals surface area contributed by atoms with E-state index in [0.29, 0.717) is 16.7 Å². The van der Waals surface area contributed by atoms with Crippen molar-refractivity contribution in [3.63, 3.8) is 0 Å². The Hall–Kier alpha value is -3.30. The van der Waals surface area contributed by atoms with Crippen LogP contribution in [0.1, 0.15) is 5.56 Å². The molecule has 4 heterocycles. The molecule has 4 aromatic rings. The lowest BCUT2D eigenvalue weighted by molar-refractivity contribution is 0.415. The number of nitrogen functional groups attached to an aromatic ring is 1. The fourth-order valence-electron chi connectivity index (χ4n) is 4.05. The number of nitrogens with two attached hydrogens (primary N) is 1. The lowest BCUT2D eigenvalue weighted by Gasteiger charge is -2.36. The van der Waals surface area contributed by atoms with E-state index in [9.17, 15) is 0 Å². The molecule has 1 aliphatic rings. The van der Waals surface area contributed by atoms with Gasteiger partial charge in [0, 0.05) is 55.9 Å². The standard InChI is InChI=1S/C22H22Cl2N8O/c1-13-9-18(33-2)16(23)11-15(13)17-12-32-4-3-14(10-19(32)26-17)30-5-7-31(8-6-30)22-28-20(24)27-21(25)29-22/h3-4,9-12H,5-8H2,1-2H3,(H2,25,27,28,29). The van der Waals surface area contributed by atoms with Crippen molar-refractivity contribution in [1.29, 1.82) is 0 Å². The van der Waals surface area contributed by atoms with Gasteiger partial charge in [0.2, 0.25) is 17.2 Å².